The molecule has 2 aromatic rings. The zero-order valence-corrected chi connectivity index (χ0v) is 10.3. The van der Waals surface area contributed by atoms with Crippen molar-refractivity contribution in [2.75, 3.05) is 6.54 Å². The zero-order valence-electron chi connectivity index (χ0n) is 10.3. The first-order chi connectivity index (χ1) is 7.68. The Morgan fingerprint density at radius 2 is 2.00 bits per heavy atom. The van der Waals surface area contributed by atoms with Gasteiger partial charge in [-0.25, -0.2) is 0 Å². The minimum Gasteiger partial charge on any atom is -0.358 e. The standard InChI is InChI=1S/C14H20N2/c1-10(2)8-15-9-13-11(3)16-14-7-5-4-6-12(13)14/h4-7,10,15-16H,8-9H2,1-3H3. The highest BCUT2D eigenvalue weighted by atomic mass is 14.9. The first kappa shape index (κ1) is 11.2. The van der Waals surface area contributed by atoms with Crippen molar-refractivity contribution < 1.29 is 0 Å². The third-order valence-electron chi connectivity index (χ3n) is 2.88. The topological polar surface area (TPSA) is 27.8 Å². The first-order valence-electron chi connectivity index (χ1n) is 5.95. The Hall–Kier alpha value is -1.28. The number of fused-ring (bicyclic) bond motifs is 1. The Bertz CT molecular complexity index is 469. The van der Waals surface area contributed by atoms with Gasteiger partial charge in [0, 0.05) is 23.1 Å². The summed E-state index contributed by atoms with van der Waals surface area (Å²) in [6.07, 6.45) is 0. The predicted octanol–water partition coefficient (Wildman–Crippen LogP) is 3.22. The summed E-state index contributed by atoms with van der Waals surface area (Å²) in [4.78, 5) is 3.43. The average Bonchev–Trinajstić information content (AvgIpc) is 2.55. The fourth-order valence-electron chi connectivity index (χ4n) is 2.05. The normalized spacial score (nSPS) is 11.5. The molecule has 86 valence electrons. The number of hydrogen-bond donors (Lipinski definition) is 2. The Labute approximate surface area is 97.1 Å². The molecule has 1 aromatic carbocycles. The molecule has 0 fully saturated rings. The van der Waals surface area contributed by atoms with Gasteiger partial charge < -0.3 is 10.3 Å². The molecule has 0 unspecified atom stereocenters. The van der Waals surface area contributed by atoms with Crippen LogP contribution in [0.15, 0.2) is 24.3 Å². The van der Waals surface area contributed by atoms with Crippen LogP contribution in [-0.4, -0.2) is 11.5 Å². The summed E-state index contributed by atoms with van der Waals surface area (Å²) in [6, 6.07) is 8.49. The minimum atomic E-state index is 0.700. The van der Waals surface area contributed by atoms with Crippen LogP contribution in [0.1, 0.15) is 25.1 Å². The number of para-hydroxylation sites is 1. The van der Waals surface area contributed by atoms with Gasteiger partial charge in [0.1, 0.15) is 0 Å². The molecule has 0 atom stereocenters. The van der Waals surface area contributed by atoms with Gasteiger partial charge in [-0.3, -0.25) is 0 Å². The smallest absolute Gasteiger partial charge is 0.0459 e. The lowest BCUT2D eigenvalue weighted by Gasteiger charge is -2.07. The number of H-pyrrole nitrogens is 1. The van der Waals surface area contributed by atoms with E-state index < -0.39 is 0 Å². The van der Waals surface area contributed by atoms with Crippen molar-refractivity contribution in [1.82, 2.24) is 10.3 Å². The Balaban J connectivity index is 2.19. The van der Waals surface area contributed by atoms with E-state index in [0.29, 0.717) is 5.92 Å². The molecule has 2 heteroatoms. The molecule has 0 aliphatic heterocycles. The van der Waals surface area contributed by atoms with Crippen LogP contribution >= 0.6 is 0 Å². The van der Waals surface area contributed by atoms with Gasteiger partial charge in [-0.2, -0.15) is 0 Å². The largest absolute Gasteiger partial charge is 0.358 e. The molecule has 0 aliphatic carbocycles. The zero-order chi connectivity index (χ0) is 11.5. The molecule has 0 aliphatic rings. The fourth-order valence-corrected chi connectivity index (χ4v) is 2.05. The second kappa shape index (κ2) is 4.71. The highest BCUT2D eigenvalue weighted by Gasteiger charge is 2.06. The maximum absolute atomic E-state index is 3.50. The molecular weight excluding hydrogens is 196 g/mol. The quantitative estimate of drug-likeness (QED) is 0.807. The van der Waals surface area contributed by atoms with Crippen LogP contribution in [0.5, 0.6) is 0 Å². The molecular formula is C14H20N2. The van der Waals surface area contributed by atoms with Crippen LogP contribution in [0, 0.1) is 12.8 Å². The molecule has 1 heterocycles. The average molecular weight is 216 g/mol. The van der Waals surface area contributed by atoms with Crippen LogP contribution in [0.2, 0.25) is 0 Å². The van der Waals surface area contributed by atoms with E-state index in [4.69, 9.17) is 0 Å². The summed E-state index contributed by atoms with van der Waals surface area (Å²) in [6.45, 7) is 8.63. The SMILES string of the molecule is Cc1[nH]c2ccccc2c1CNCC(C)C. The fraction of sp³-hybridized carbons (Fsp3) is 0.429. The first-order valence-corrected chi connectivity index (χ1v) is 5.95. The summed E-state index contributed by atoms with van der Waals surface area (Å²) in [7, 11) is 0. The lowest BCUT2D eigenvalue weighted by Crippen LogP contribution is -2.19. The van der Waals surface area contributed by atoms with Crippen LogP contribution in [0.4, 0.5) is 0 Å². The number of benzene rings is 1. The molecule has 2 N–H and O–H groups in total. The van der Waals surface area contributed by atoms with Crippen molar-refractivity contribution in [2.45, 2.75) is 27.3 Å². The van der Waals surface area contributed by atoms with Gasteiger partial charge in [0.15, 0.2) is 0 Å². The molecule has 2 nitrogen and oxygen atoms in total. The van der Waals surface area contributed by atoms with Crippen molar-refractivity contribution in [3.63, 3.8) is 0 Å². The molecule has 1 aromatic heterocycles. The summed E-state index contributed by atoms with van der Waals surface area (Å²) < 4.78 is 0. The van der Waals surface area contributed by atoms with Gasteiger partial charge in [0.05, 0.1) is 0 Å². The van der Waals surface area contributed by atoms with Gasteiger partial charge in [0.2, 0.25) is 0 Å². The van der Waals surface area contributed by atoms with E-state index in [-0.39, 0.29) is 0 Å². The third-order valence-corrected chi connectivity index (χ3v) is 2.88. The maximum Gasteiger partial charge on any atom is 0.0459 e. The van der Waals surface area contributed by atoms with Crippen LogP contribution in [0.25, 0.3) is 10.9 Å². The molecule has 0 saturated carbocycles. The van der Waals surface area contributed by atoms with E-state index >= 15 is 0 Å². The molecule has 2 rings (SSSR count). The second-order valence-electron chi connectivity index (χ2n) is 4.80. The second-order valence-corrected chi connectivity index (χ2v) is 4.80. The van der Waals surface area contributed by atoms with Crippen LogP contribution < -0.4 is 5.32 Å². The van der Waals surface area contributed by atoms with Crippen molar-refractivity contribution in [1.29, 1.82) is 0 Å². The number of nitrogens with one attached hydrogen (secondary N) is 2. The van der Waals surface area contributed by atoms with Gasteiger partial charge in [0.25, 0.3) is 0 Å². The van der Waals surface area contributed by atoms with Crippen LogP contribution in [0.3, 0.4) is 0 Å². The highest BCUT2D eigenvalue weighted by Crippen LogP contribution is 2.21. The van der Waals surface area contributed by atoms with E-state index in [1.54, 1.807) is 0 Å². The Morgan fingerprint density at radius 3 is 2.75 bits per heavy atom. The number of aromatic nitrogens is 1. The number of rotatable bonds is 4. The van der Waals surface area contributed by atoms with E-state index in [2.05, 4.69) is 55.3 Å². The minimum absolute atomic E-state index is 0.700. The van der Waals surface area contributed by atoms with E-state index in [1.807, 2.05) is 0 Å². The number of aryl methyl sites for hydroxylation is 1. The van der Waals surface area contributed by atoms with Gasteiger partial charge in [-0.15, -0.1) is 0 Å². The van der Waals surface area contributed by atoms with Crippen molar-refractivity contribution >= 4 is 10.9 Å². The summed E-state index contributed by atoms with van der Waals surface area (Å²) in [5.41, 5.74) is 3.91. The molecule has 0 saturated heterocycles. The van der Waals surface area contributed by atoms with E-state index in [9.17, 15) is 0 Å². The van der Waals surface area contributed by atoms with Gasteiger partial charge in [-0.1, -0.05) is 32.0 Å². The van der Waals surface area contributed by atoms with Gasteiger partial charge >= 0.3 is 0 Å². The summed E-state index contributed by atoms with van der Waals surface area (Å²) >= 11 is 0. The number of hydrogen-bond acceptors (Lipinski definition) is 1. The van der Waals surface area contributed by atoms with Crippen molar-refractivity contribution in [3.05, 3.63) is 35.5 Å². The lowest BCUT2D eigenvalue weighted by atomic mass is 10.1. The van der Waals surface area contributed by atoms with Crippen molar-refractivity contribution in [2.24, 2.45) is 5.92 Å². The Morgan fingerprint density at radius 1 is 1.25 bits per heavy atom. The molecule has 16 heavy (non-hydrogen) atoms. The van der Waals surface area contributed by atoms with Gasteiger partial charge in [-0.05, 0) is 31.0 Å². The van der Waals surface area contributed by atoms with Crippen LogP contribution in [-0.2, 0) is 6.54 Å². The molecule has 0 radical (unpaired) electrons. The van der Waals surface area contributed by atoms with Crippen molar-refractivity contribution in [3.8, 4) is 0 Å². The molecule has 0 spiro atoms. The third kappa shape index (κ3) is 2.27. The molecule has 0 bridgehead atoms. The molecule has 0 amide bonds. The highest BCUT2D eigenvalue weighted by molar-refractivity contribution is 5.84. The summed E-state index contributed by atoms with van der Waals surface area (Å²) in [5, 5.41) is 4.84. The summed E-state index contributed by atoms with van der Waals surface area (Å²) in [5.74, 6) is 0.700. The number of aromatic amines is 1. The van der Waals surface area contributed by atoms with E-state index in [1.165, 1.54) is 22.2 Å². The monoisotopic (exact) mass is 216 g/mol. The predicted molar refractivity (Wildman–Crippen MR) is 69.6 cm³/mol. The lowest BCUT2D eigenvalue weighted by molar-refractivity contribution is 0.552. The maximum atomic E-state index is 3.50. The Kier molecular flexibility index (Phi) is 3.30. The van der Waals surface area contributed by atoms with E-state index in [0.717, 1.165) is 13.1 Å².